The highest BCUT2D eigenvalue weighted by Crippen LogP contribution is 2.10. The van der Waals surface area contributed by atoms with Crippen molar-refractivity contribution in [2.75, 3.05) is 0 Å². The highest BCUT2D eigenvalue weighted by Gasteiger charge is 2.05. The number of benzene rings is 1. The fourth-order valence-electron chi connectivity index (χ4n) is 1.57. The van der Waals surface area contributed by atoms with Crippen LogP contribution in [0.3, 0.4) is 0 Å². The van der Waals surface area contributed by atoms with Gasteiger partial charge in [0.1, 0.15) is 0 Å². The third-order valence-electron chi connectivity index (χ3n) is 2.51. The minimum atomic E-state index is 0.0686. The van der Waals surface area contributed by atoms with Crippen molar-refractivity contribution in [2.24, 2.45) is 0 Å². The van der Waals surface area contributed by atoms with Crippen molar-refractivity contribution in [3.8, 4) is 12.1 Å². The Morgan fingerprint density at radius 2 is 2.00 bits per heavy atom. The average Bonchev–Trinajstić information content (AvgIpc) is 2.38. The third-order valence-corrected chi connectivity index (χ3v) is 2.51. The monoisotopic (exact) mass is 226 g/mol. The Labute approximate surface area is 101 Å². The lowest BCUT2D eigenvalue weighted by Crippen LogP contribution is -1.99. The predicted molar refractivity (Wildman–Crippen MR) is 64.2 cm³/mol. The molecule has 0 amide bonds. The zero-order valence-electron chi connectivity index (χ0n) is 9.65. The molecule has 1 rings (SSSR count). The van der Waals surface area contributed by atoms with Gasteiger partial charge in [0.15, 0.2) is 5.78 Å². The molecule has 3 heteroatoms. The molecule has 0 aliphatic heterocycles. The number of hydrogen-bond donors (Lipinski definition) is 0. The van der Waals surface area contributed by atoms with Crippen molar-refractivity contribution >= 4 is 5.78 Å². The standard InChI is InChI=1S/C14H14N2O/c15-9-4-2-1-3-8-14(17)13-7-5-6-12(10-13)11-16/h5-7,10H,1-4,8H2. The Hall–Kier alpha value is -2.13. The normalized spacial score (nSPS) is 9.29. The summed E-state index contributed by atoms with van der Waals surface area (Å²) in [4.78, 5) is 11.8. The molecular weight excluding hydrogens is 212 g/mol. The van der Waals surface area contributed by atoms with E-state index in [0.717, 1.165) is 19.3 Å². The highest BCUT2D eigenvalue weighted by molar-refractivity contribution is 5.96. The first-order chi connectivity index (χ1) is 8.27. The molecular formula is C14H14N2O. The summed E-state index contributed by atoms with van der Waals surface area (Å²) < 4.78 is 0. The molecule has 0 aromatic heterocycles. The molecule has 0 spiro atoms. The highest BCUT2D eigenvalue weighted by atomic mass is 16.1. The van der Waals surface area contributed by atoms with Crippen molar-refractivity contribution < 1.29 is 4.79 Å². The van der Waals surface area contributed by atoms with Gasteiger partial charge in [0.05, 0.1) is 17.7 Å². The van der Waals surface area contributed by atoms with Crippen molar-refractivity contribution in [1.82, 2.24) is 0 Å². The fourth-order valence-corrected chi connectivity index (χ4v) is 1.57. The second-order valence-corrected chi connectivity index (χ2v) is 3.83. The number of ketones is 1. The van der Waals surface area contributed by atoms with Crippen LogP contribution in [0.5, 0.6) is 0 Å². The van der Waals surface area contributed by atoms with E-state index in [-0.39, 0.29) is 5.78 Å². The maximum Gasteiger partial charge on any atom is 0.162 e. The van der Waals surface area contributed by atoms with Gasteiger partial charge in [-0.05, 0) is 25.0 Å². The SMILES string of the molecule is N#CCCCCCC(=O)c1cccc(C#N)c1. The number of carbonyl (C=O) groups is 1. The van der Waals surface area contributed by atoms with E-state index in [2.05, 4.69) is 6.07 Å². The number of nitrogens with zero attached hydrogens (tertiary/aromatic N) is 2. The van der Waals surface area contributed by atoms with Gasteiger partial charge in [-0.1, -0.05) is 18.6 Å². The molecule has 0 radical (unpaired) electrons. The maximum atomic E-state index is 11.8. The van der Waals surface area contributed by atoms with Gasteiger partial charge in [0.2, 0.25) is 0 Å². The number of hydrogen-bond acceptors (Lipinski definition) is 3. The minimum absolute atomic E-state index is 0.0686. The lowest BCUT2D eigenvalue weighted by Gasteiger charge is -2.01. The molecule has 0 fully saturated rings. The number of Topliss-reactive ketones (excluding diaryl/α,β-unsaturated/α-hetero) is 1. The summed E-state index contributed by atoms with van der Waals surface area (Å²) in [5.41, 5.74) is 1.12. The van der Waals surface area contributed by atoms with Crippen LogP contribution in [0, 0.1) is 22.7 Å². The largest absolute Gasteiger partial charge is 0.294 e. The van der Waals surface area contributed by atoms with E-state index in [4.69, 9.17) is 10.5 Å². The van der Waals surface area contributed by atoms with Crippen LogP contribution in [-0.4, -0.2) is 5.78 Å². The van der Waals surface area contributed by atoms with E-state index in [1.54, 1.807) is 24.3 Å². The summed E-state index contributed by atoms with van der Waals surface area (Å²) in [6.07, 6.45) is 3.59. The van der Waals surface area contributed by atoms with Crippen LogP contribution in [-0.2, 0) is 0 Å². The molecule has 0 aliphatic rings. The summed E-state index contributed by atoms with van der Waals surface area (Å²) in [5, 5.41) is 17.1. The Balaban J connectivity index is 2.42. The quantitative estimate of drug-likeness (QED) is 0.552. The zero-order valence-corrected chi connectivity index (χ0v) is 9.65. The van der Waals surface area contributed by atoms with E-state index in [9.17, 15) is 4.79 Å². The van der Waals surface area contributed by atoms with Gasteiger partial charge in [-0.15, -0.1) is 0 Å². The first-order valence-electron chi connectivity index (χ1n) is 5.68. The van der Waals surface area contributed by atoms with E-state index >= 15 is 0 Å². The van der Waals surface area contributed by atoms with Gasteiger partial charge < -0.3 is 0 Å². The minimum Gasteiger partial charge on any atom is -0.294 e. The van der Waals surface area contributed by atoms with Gasteiger partial charge >= 0.3 is 0 Å². The molecule has 17 heavy (non-hydrogen) atoms. The third kappa shape index (κ3) is 4.49. The maximum absolute atomic E-state index is 11.8. The van der Waals surface area contributed by atoms with E-state index in [0.29, 0.717) is 24.0 Å². The van der Waals surface area contributed by atoms with Gasteiger partial charge in [0, 0.05) is 18.4 Å². The van der Waals surface area contributed by atoms with Crippen LogP contribution in [0.4, 0.5) is 0 Å². The molecule has 0 atom stereocenters. The van der Waals surface area contributed by atoms with Crippen LogP contribution in [0.2, 0.25) is 0 Å². The summed E-state index contributed by atoms with van der Waals surface area (Å²) in [7, 11) is 0. The molecule has 1 aromatic carbocycles. The van der Waals surface area contributed by atoms with Crippen molar-refractivity contribution in [1.29, 1.82) is 10.5 Å². The van der Waals surface area contributed by atoms with Gasteiger partial charge in [-0.2, -0.15) is 10.5 Å². The van der Waals surface area contributed by atoms with E-state index < -0.39 is 0 Å². The van der Waals surface area contributed by atoms with Crippen LogP contribution in [0.15, 0.2) is 24.3 Å². The Morgan fingerprint density at radius 1 is 1.18 bits per heavy atom. The van der Waals surface area contributed by atoms with Gasteiger partial charge in [-0.3, -0.25) is 4.79 Å². The first kappa shape index (κ1) is 12.9. The predicted octanol–water partition coefficient (Wildman–Crippen LogP) is 3.22. The summed E-state index contributed by atoms with van der Waals surface area (Å²) in [6, 6.07) is 10.9. The molecule has 0 N–H and O–H groups in total. The van der Waals surface area contributed by atoms with Crippen LogP contribution in [0.25, 0.3) is 0 Å². The molecule has 0 unspecified atom stereocenters. The smallest absolute Gasteiger partial charge is 0.162 e. The lowest BCUT2D eigenvalue weighted by molar-refractivity contribution is 0.0979. The molecule has 0 saturated carbocycles. The zero-order chi connectivity index (χ0) is 12.5. The lowest BCUT2D eigenvalue weighted by atomic mass is 10.0. The van der Waals surface area contributed by atoms with Crippen molar-refractivity contribution in [3.63, 3.8) is 0 Å². The fraction of sp³-hybridized carbons (Fsp3) is 0.357. The van der Waals surface area contributed by atoms with Gasteiger partial charge in [-0.25, -0.2) is 0 Å². The summed E-state index contributed by atoms with van der Waals surface area (Å²) in [6.45, 7) is 0. The molecule has 0 heterocycles. The van der Waals surface area contributed by atoms with Gasteiger partial charge in [0.25, 0.3) is 0 Å². The van der Waals surface area contributed by atoms with Crippen molar-refractivity contribution in [2.45, 2.75) is 32.1 Å². The Morgan fingerprint density at radius 3 is 2.71 bits per heavy atom. The molecule has 1 aromatic rings. The molecule has 0 saturated heterocycles. The second kappa shape index (κ2) is 7.19. The average molecular weight is 226 g/mol. The Bertz CT molecular complexity index is 466. The number of unbranched alkanes of at least 4 members (excludes halogenated alkanes) is 3. The number of rotatable bonds is 6. The number of carbonyl (C=O) groups excluding carboxylic acids is 1. The van der Waals surface area contributed by atoms with Crippen molar-refractivity contribution in [3.05, 3.63) is 35.4 Å². The number of nitriles is 2. The summed E-state index contributed by atoms with van der Waals surface area (Å²) >= 11 is 0. The first-order valence-corrected chi connectivity index (χ1v) is 5.68. The molecule has 86 valence electrons. The molecule has 0 aliphatic carbocycles. The molecule has 3 nitrogen and oxygen atoms in total. The van der Waals surface area contributed by atoms with E-state index in [1.165, 1.54) is 0 Å². The van der Waals surface area contributed by atoms with Crippen LogP contribution in [0.1, 0.15) is 48.0 Å². The van der Waals surface area contributed by atoms with Crippen LogP contribution >= 0.6 is 0 Å². The van der Waals surface area contributed by atoms with Crippen LogP contribution < -0.4 is 0 Å². The Kier molecular flexibility index (Phi) is 5.47. The molecule has 0 bridgehead atoms. The van der Waals surface area contributed by atoms with E-state index in [1.807, 2.05) is 6.07 Å². The second-order valence-electron chi connectivity index (χ2n) is 3.83. The topological polar surface area (TPSA) is 64.7 Å². The summed E-state index contributed by atoms with van der Waals surface area (Å²) in [5.74, 6) is 0.0686.